The molecule has 0 fully saturated rings. The highest BCUT2D eigenvalue weighted by atomic mass is 31.2. The van der Waals surface area contributed by atoms with Crippen LogP contribution >= 0.6 is 7.82 Å². The molecule has 55 heavy (non-hydrogen) atoms. The van der Waals surface area contributed by atoms with Gasteiger partial charge in [0.15, 0.2) is 6.10 Å². The van der Waals surface area contributed by atoms with Crippen molar-refractivity contribution in [3.05, 3.63) is 24.3 Å². The summed E-state index contributed by atoms with van der Waals surface area (Å²) in [7, 11) is 1.47. The number of hydrogen-bond donors (Lipinski definition) is 1. The summed E-state index contributed by atoms with van der Waals surface area (Å²) in [5.74, 6) is -0.813. The van der Waals surface area contributed by atoms with Crippen molar-refractivity contribution < 1.29 is 42.1 Å². The average Bonchev–Trinajstić information content (AvgIpc) is 3.13. The number of carbonyl (C=O) groups is 2. The molecule has 2 atom stereocenters. The van der Waals surface area contributed by atoms with Gasteiger partial charge in [-0.1, -0.05) is 147 Å². The molecule has 0 saturated carbocycles. The van der Waals surface area contributed by atoms with Crippen LogP contribution in [0.3, 0.4) is 0 Å². The number of nitrogens with zero attached hydrogens (tertiary/aromatic N) is 1. The molecular weight excluding hydrogens is 713 g/mol. The lowest BCUT2D eigenvalue weighted by atomic mass is 10.1. The molecule has 0 aliphatic carbocycles. The van der Waals surface area contributed by atoms with Gasteiger partial charge in [0.25, 0.3) is 0 Å². The minimum atomic E-state index is -4.38. The number of esters is 2. The predicted molar refractivity (Wildman–Crippen MR) is 229 cm³/mol. The normalized spacial score (nSPS) is 13.8. The second-order valence-electron chi connectivity index (χ2n) is 16.4. The SMILES string of the molecule is CCCCCCCC/C=C\CCCCCCCC(=O)OC[C@H](COP(=O)(O)OCC[N+](C)(C)C)OC(=O)CCCCCCC/C=C\CCCCCCCCC. The topological polar surface area (TPSA) is 108 Å². The van der Waals surface area contributed by atoms with Gasteiger partial charge in [-0.2, -0.15) is 0 Å². The zero-order chi connectivity index (χ0) is 40.7. The zero-order valence-electron chi connectivity index (χ0n) is 36.4. The van der Waals surface area contributed by atoms with Crippen LogP contribution in [0, 0.1) is 0 Å². The maximum absolute atomic E-state index is 12.7. The van der Waals surface area contributed by atoms with E-state index in [1.807, 2.05) is 21.1 Å². The molecule has 0 spiro atoms. The summed E-state index contributed by atoms with van der Waals surface area (Å²) in [6, 6.07) is 0. The van der Waals surface area contributed by atoms with Crippen molar-refractivity contribution in [3.63, 3.8) is 0 Å². The Bertz CT molecular complexity index is 996. The summed E-state index contributed by atoms with van der Waals surface area (Å²) in [5.41, 5.74) is 0. The molecule has 1 N–H and O–H groups in total. The molecule has 0 aliphatic heterocycles. The van der Waals surface area contributed by atoms with E-state index in [9.17, 15) is 19.0 Å². The van der Waals surface area contributed by atoms with Crippen LogP contribution in [-0.2, 0) is 32.7 Å². The van der Waals surface area contributed by atoms with Crippen molar-refractivity contribution in [2.45, 2.75) is 206 Å². The Kier molecular flexibility index (Phi) is 37.0. The van der Waals surface area contributed by atoms with Crippen LogP contribution in [0.15, 0.2) is 24.3 Å². The largest absolute Gasteiger partial charge is 0.472 e. The van der Waals surface area contributed by atoms with Crippen LogP contribution in [0.2, 0.25) is 0 Å². The van der Waals surface area contributed by atoms with E-state index in [2.05, 4.69) is 38.2 Å². The average molecular weight is 801 g/mol. The number of hydrogen-bond acceptors (Lipinski definition) is 7. The fourth-order valence-electron chi connectivity index (χ4n) is 6.12. The lowest BCUT2D eigenvalue weighted by molar-refractivity contribution is -0.870. The van der Waals surface area contributed by atoms with Crippen LogP contribution < -0.4 is 0 Å². The van der Waals surface area contributed by atoms with Gasteiger partial charge >= 0.3 is 19.8 Å². The maximum Gasteiger partial charge on any atom is 0.472 e. The third-order valence-electron chi connectivity index (χ3n) is 9.70. The van der Waals surface area contributed by atoms with Crippen molar-refractivity contribution >= 4 is 19.8 Å². The van der Waals surface area contributed by atoms with Crippen molar-refractivity contribution in [1.82, 2.24) is 0 Å². The van der Waals surface area contributed by atoms with Crippen LogP contribution in [0.5, 0.6) is 0 Å². The van der Waals surface area contributed by atoms with E-state index in [1.54, 1.807) is 0 Å². The van der Waals surface area contributed by atoms with Gasteiger partial charge in [-0.15, -0.1) is 0 Å². The molecule has 0 aliphatic rings. The first-order valence-corrected chi connectivity index (χ1v) is 24.1. The molecule has 0 bridgehead atoms. The number of likely N-dealkylation sites (N-methyl/N-ethyl adjacent to an activating group) is 1. The number of phosphoric acid groups is 1. The number of rotatable bonds is 41. The van der Waals surface area contributed by atoms with E-state index in [0.29, 0.717) is 17.4 Å². The summed E-state index contributed by atoms with van der Waals surface area (Å²) in [4.78, 5) is 35.4. The van der Waals surface area contributed by atoms with Crippen LogP contribution in [0.25, 0.3) is 0 Å². The molecule has 9 nitrogen and oxygen atoms in total. The van der Waals surface area contributed by atoms with Gasteiger partial charge in [0, 0.05) is 12.8 Å². The first-order valence-electron chi connectivity index (χ1n) is 22.6. The second kappa shape index (κ2) is 38.0. The molecule has 0 saturated heterocycles. The zero-order valence-corrected chi connectivity index (χ0v) is 37.3. The van der Waals surface area contributed by atoms with Gasteiger partial charge in [-0.25, -0.2) is 4.57 Å². The minimum Gasteiger partial charge on any atom is -0.462 e. The molecule has 0 aromatic rings. The Hall–Kier alpha value is -1.51. The highest BCUT2D eigenvalue weighted by molar-refractivity contribution is 7.47. The number of carbonyl (C=O) groups excluding carboxylic acids is 2. The summed E-state index contributed by atoms with van der Waals surface area (Å²) in [5, 5.41) is 0. The van der Waals surface area contributed by atoms with Crippen LogP contribution in [0.4, 0.5) is 0 Å². The Labute approximate surface area is 339 Å². The molecule has 10 heteroatoms. The van der Waals surface area contributed by atoms with Gasteiger partial charge < -0.3 is 18.9 Å². The number of phosphoric ester groups is 1. The quantitative estimate of drug-likeness (QED) is 0.0214. The third kappa shape index (κ3) is 41.9. The molecule has 0 amide bonds. The van der Waals surface area contributed by atoms with Gasteiger partial charge in [0.1, 0.15) is 19.8 Å². The van der Waals surface area contributed by atoms with Gasteiger partial charge in [0.2, 0.25) is 0 Å². The number of allylic oxidation sites excluding steroid dienone is 4. The molecule has 0 rings (SSSR count). The first-order chi connectivity index (χ1) is 26.5. The number of unbranched alkanes of at least 4 members (excludes halogenated alkanes) is 23. The van der Waals surface area contributed by atoms with E-state index in [-0.39, 0.29) is 32.0 Å². The smallest absolute Gasteiger partial charge is 0.462 e. The summed E-state index contributed by atoms with van der Waals surface area (Å²) < 4.78 is 34.3. The van der Waals surface area contributed by atoms with Crippen LogP contribution in [0.1, 0.15) is 200 Å². The maximum atomic E-state index is 12.7. The summed E-state index contributed by atoms with van der Waals surface area (Å²) >= 11 is 0. The van der Waals surface area contributed by atoms with Crippen molar-refractivity contribution in [3.8, 4) is 0 Å². The Morgan fingerprint density at radius 2 is 0.927 bits per heavy atom. The fourth-order valence-corrected chi connectivity index (χ4v) is 6.86. The van der Waals surface area contributed by atoms with Crippen molar-refractivity contribution in [2.75, 3.05) is 47.5 Å². The number of quaternary nitrogens is 1. The lowest BCUT2D eigenvalue weighted by Gasteiger charge is -2.24. The second-order valence-corrected chi connectivity index (χ2v) is 17.9. The van der Waals surface area contributed by atoms with E-state index < -0.39 is 26.5 Å². The molecule has 0 radical (unpaired) electrons. The first kappa shape index (κ1) is 53.5. The molecule has 324 valence electrons. The fraction of sp³-hybridized carbons (Fsp3) is 0.867. The van der Waals surface area contributed by atoms with Crippen LogP contribution in [-0.4, -0.2) is 74.9 Å². The number of ether oxygens (including phenoxy) is 2. The lowest BCUT2D eigenvalue weighted by Crippen LogP contribution is -2.37. The summed E-state index contributed by atoms with van der Waals surface area (Å²) in [6.45, 7) is 4.41. The molecule has 1 unspecified atom stereocenters. The van der Waals surface area contributed by atoms with Gasteiger partial charge in [-0.3, -0.25) is 18.6 Å². The minimum absolute atomic E-state index is 0.0300. The Balaban J connectivity index is 4.36. The Morgan fingerprint density at radius 1 is 0.545 bits per heavy atom. The highest BCUT2D eigenvalue weighted by Gasteiger charge is 2.27. The standard InChI is InChI=1S/C45H86NO8P/c1-6-8-10-12-14-16-18-20-22-24-26-28-30-32-34-36-38-45(48)54-43(42-53-55(49,50)52-40-39-46(3,4)5)41-51-44(47)37-35-33-31-29-27-25-23-21-19-17-15-13-11-9-7-2/h21-24,43H,6-20,25-42H2,1-5H3/p+1/b23-21-,24-22-/t43-/m1/s1. The van der Waals surface area contributed by atoms with E-state index >= 15 is 0 Å². The van der Waals surface area contributed by atoms with Crippen molar-refractivity contribution in [2.24, 2.45) is 0 Å². The molecule has 0 aromatic carbocycles. The molecule has 0 aromatic heterocycles. The van der Waals surface area contributed by atoms with Gasteiger partial charge in [0.05, 0.1) is 27.7 Å². The predicted octanol–water partition coefficient (Wildman–Crippen LogP) is 12.7. The third-order valence-corrected chi connectivity index (χ3v) is 10.7. The summed E-state index contributed by atoms with van der Waals surface area (Å²) in [6.07, 6.45) is 40.7. The van der Waals surface area contributed by atoms with Gasteiger partial charge in [-0.05, 0) is 64.2 Å². The molecular formula is C45H87NO8P+. The highest BCUT2D eigenvalue weighted by Crippen LogP contribution is 2.43. The monoisotopic (exact) mass is 801 g/mol. The van der Waals surface area contributed by atoms with E-state index in [1.165, 1.54) is 96.3 Å². The Morgan fingerprint density at radius 3 is 1.35 bits per heavy atom. The van der Waals surface area contributed by atoms with Crippen molar-refractivity contribution in [1.29, 1.82) is 0 Å². The molecule has 0 heterocycles. The van der Waals surface area contributed by atoms with E-state index in [0.717, 1.165) is 70.6 Å². The van der Waals surface area contributed by atoms with E-state index in [4.69, 9.17) is 18.5 Å².